The summed E-state index contributed by atoms with van der Waals surface area (Å²) in [5.74, 6) is 1.82. The van der Waals surface area contributed by atoms with Crippen molar-refractivity contribution >= 4 is 17.2 Å². The highest BCUT2D eigenvalue weighted by Crippen LogP contribution is 2.26. The van der Waals surface area contributed by atoms with Crippen LogP contribution in [0.2, 0.25) is 0 Å². The third-order valence-electron chi connectivity index (χ3n) is 3.62. The molecule has 124 valence electrons. The number of nitrogens with one attached hydrogen (secondary N) is 1. The number of thiophene rings is 1. The lowest BCUT2D eigenvalue weighted by atomic mass is 10.2. The minimum Gasteiger partial charge on any atom is -0.496 e. The van der Waals surface area contributed by atoms with E-state index >= 15 is 0 Å². The van der Waals surface area contributed by atoms with Crippen molar-refractivity contribution in [3.63, 3.8) is 0 Å². The van der Waals surface area contributed by atoms with E-state index in [4.69, 9.17) is 9.15 Å². The van der Waals surface area contributed by atoms with Crippen molar-refractivity contribution in [2.75, 3.05) is 13.7 Å². The number of benzene rings is 1. The highest BCUT2D eigenvalue weighted by atomic mass is 32.1. The fourth-order valence-corrected chi connectivity index (χ4v) is 3.04. The Hall–Kier alpha value is -2.60. The van der Waals surface area contributed by atoms with E-state index in [0.717, 1.165) is 16.3 Å². The molecule has 0 aliphatic rings. The van der Waals surface area contributed by atoms with Crippen LogP contribution in [0.1, 0.15) is 21.8 Å². The topological polar surface area (TPSA) is 64.4 Å². The molecule has 5 nitrogen and oxygen atoms in total. The average molecular weight is 342 g/mol. The molecule has 0 atom stereocenters. The molecule has 0 fully saturated rings. The first-order valence-electron chi connectivity index (χ1n) is 7.60. The molecule has 0 saturated carbocycles. The van der Waals surface area contributed by atoms with Gasteiger partial charge in [0.05, 0.1) is 23.2 Å². The van der Waals surface area contributed by atoms with Gasteiger partial charge in [0.15, 0.2) is 0 Å². The molecule has 3 rings (SSSR count). The van der Waals surface area contributed by atoms with Gasteiger partial charge in [-0.05, 0) is 30.5 Å². The molecule has 0 aliphatic carbocycles. The Balaban J connectivity index is 1.61. The van der Waals surface area contributed by atoms with Crippen molar-refractivity contribution < 1.29 is 13.9 Å². The van der Waals surface area contributed by atoms with Gasteiger partial charge in [0.2, 0.25) is 5.89 Å². The first kappa shape index (κ1) is 16.3. The summed E-state index contributed by atoms with van der Waals surface area (Å²) in [4.78, 5) is 17.8. The zero-order chi connectivity index (χ0) is 16.9. The maximum atomic E-state index is 12.3. The van der Waals surface area contributed by atoms with Crippen LogP contribution in [0.4, 0.5) is 0 Å². The molecule has 24 heavy (non-hydrogen) atoms. The Labute approximate surface area is 144 Å². The van der Waals surface area contributed by atoms with Crippen LogP contribution in [-0.2, 0) is 6.42 Å². The molecule has 1 aromatic carbocycles. The van der Waals surface area contributed by atoms with E-state index in [1.165, 1.54) is 0 Å². The number of carbonyl (C=O) groups excluding carboxylic acids is 1. The van der Waals surface area contributed by atoms with E-state index in [2.05, 4.69) is 10.3 Å². The third kappa shape index (κ3) is 3.49. The minimum absolute atomic E-state index is 0.160. The summed E-state index contributed by atoms with van der Waals surface area (Å²) in [6.07, 6.45) is 0.613. The number of ether oxygens (including phenoxy) is 1. The van der Waals surface area contributed by atoms with Crippen molar-refractivity contribution in [3.8, 4) is 16.5 Å². The number of carbonyl (C=O) groups is 1. The van der Waals surface area contributed by atoms with Crippen LogP contribution < -0.4 is 10.1 Å². The summed E-state index contributed by atoms with van der Waals surface area (Å²) in [5, 5.41) is 4.88. The van der Waals surface area contributed by atoms with Gasteiger partial charge in [0, 0.05) is 13.0 Å². The molecule has 2 aromatic heterocycles. The molecule has 6 heteroatoms. The van der Waals surface area contributed by atoms with Gasteiger partial charge in [0.25, 0.3) is 5.91 Å². The van der Waals surface area contributed by atoms with Gasteiger partial charge in [-0.3, -0.25) is 4.79 Å². The number of rotatable bonds is 6. The number of aromatic nitrogens is 1. The molecule has 3 aromatic rings. The lowest BCUT2D eigenvalue weighted by Gasteiger charge is -2.08. The summed E-state index contributed by atoms with van der Waals surface area (Å²) in [6, 6.07) is 11.1. The Morgan fingerprint density at radius 1 is 1.29 bits per heavy atom. The second kappa shape index (κ2) is 7.31. The van der Waals surface area contributed by atoms with Crippen molar-refractivity contribution in [3.05, 3.63) is 58.8 Å². The van der Waals surface area contributed by atoms with E-state index in [1.807, 2.05) is 36.6 Å². The Bertz CT molecular complexity index is 825. The Kier molecular flexibility index (Phi) is 4.96. The molecule has 0 unspecified atom stereocenters. The summed E-state index contributed by atoms with van der Waals surface area (Å²) in [7, 11) is 1.55. The van der Waals surface area contributed by atoms with Crippen LogP contribution in [0.5, 0.6) is 5.75 Å². The van der Waals surface area contributed by atoms with Gasteiger partial charge in [-0.2, -0.15) is 0 Å². The SMILES string of the molecule is COc1ccccc1C(=O)NCCc1nc(-c2cccs2)oc1C. The standard InChI is InChI=1S/C18H18N2O3S/c1-12-14(20-18(23-12)16-8-5-11-24-16)9-10-19-17(21)13-6-3-4-7-15(13)22-2/h3-8,11H,9-10H2,1-2H3,(H,19,21). The molecular weight excluding hydrogens is 324 g/mol. The first-order valence-corrected chi connectivity index (χ1v) is 8.48. The van der Waals surface area contributed by atoms with Crippen LogP contribution in [0.25, 0.3) is 10.8 Å². The van der Waals surface area contributed by atoms with Crippen LogP contribution in [0, 0.1) is 6.92 Å². The number of hydrogen-bond acceptors (Lipinski definition) is 5. The molecule has 0 saturated heterocycles. The van der Waals surface area contributed by atoms with Gasteiger partial charge >= 0.3 is 0 Å². The van der Waals surface area contributed by atoms with Crippen LogP contribution in [0.15, 0.2) is 46.2 Å². The number of oxazole rings is 1. The molecule has 0 radical (unpaired) electrons. The smallest absolute Gasteiger partial charge is 0.255 e. The fourth-order valence-electron chi connectivity index (χ4n) is 2.39. The monoisotopic (exact) mass is 342 g/mol. The third-order valence-corrected chi connectivity index (χ3v) is 4.48. The van der Waals surface area contributed by atoms with E-state index < -0.39 is 0 Å². The number of nitrogens with zero attached hydrogens (tertiary/aromatic N) is 1. The number of amides is 1. The number of aryl methyl sites for hydroxylation is 1. The van der Waals surface area contributed by atoms with Crippen molar-refractivity contribution in [2.24, 2.45) is 0 Å². The summed E-state index contributed by atoms with van der Waals surface area (Å²) < 4.78 is 10.9. The zero-order valence-electron chi connectivity index (χ0n) is 13.5. The fraction of sp³-hybridized carbons (Fsp3) is 0.222. The second-order valence-electron chi connectivity index (χ2n) is 5.21. The second-order valence-corrected chi connectivity index (χ2v) is 6.15. The van der Waals surface area contributed by atoms with E-state index in [0.29, 0.717) is 30.2 Å². The predicted octanol–water partition coefficient (Wildman–Crippen LogP) is 3.69. The molecule has 1 N–H and O–H groups in total. The molecule has 2 heterocycles. The van der Waals surface area contributed by atoms with Crippen molar-refractivity contribution in [2.45, 2.75) is 13.3 Å². The summed E-state index contributed by atoms with van der Waals surface area (Å²) in [5.41, 5.74) is 1.38. The van der Waals surface area contributed by atoms with Gasteiger partial charge in [-0.15, -0.1) is 11.3 Å². The maximum Gasteiger partial charge on any atom is 0.255 e. The van der Waals surface area contributed by atoms with E-state index in [9.17, 15) is 4.79 Å². The number of hydrogen-bond donors (Lipinski definition) is 1. The largest absolute Gasteiger partial charge is 0.496 e. The molecule has 0 aliphatic heterocycles. The zero-order valence-corrected chi connectivity index (χ0v) is 14.4. The van der Waals surface area contributed by atoms with Gasteiger partial charge in [-0.1, -0.05) is 18.2 Å². The van der Waals surface area contributed by atoms with Gasteiger partial charge < -0.3 is 14.5 Å². The first-order chi connectivity index (χ1) is 11.7. The van der Waals surface area contributed by atoms with Gasteiger partial charge in [-0.25, -0.2) is 4.98 Å². The number of methoxy groups -OCH3 is 1. The van der Waals surface area contributed by atoms with Crippen LogP contribution in [-0.4, -0.2) is 24.5 Å². The van der Waals surface area contributed by atoms with Gasteiger partial charge in [0.1, 0.15) is 11.5 Å². The quantitative estimate of drug-likeness (QED) is 0.742. The van der Waals surface area contributed by atoms with Crippen LogP contribution in [0.3, 0.4) is 0 Å². The minimum atomic E-state index is -0.160. The predicted molar refractivity (Wildman–Crippen MR) is 93.6 cm³/mol. The summed E-state index contributed by atoms with van der Waals surface area (Å²) >= 11 is 1.59. The lowest BCUT2D eigenvalue weighted by Crippen LogP contribution is -2.26. The number of para-hydroxylation sites is 1. The van der Waals surface area contributed by atoms with E-state index in [-0.39, 0.29) is 5.91 Å². The highest BCUT2D eigenvalue weighted by molar-refractivity contribution is 7.13. The van der Waals surface area contributed by atoms with Crippen molar-refractivity contribution in [1.82, 2.24) is 10.3 Å². The lowest BCUT2D eigenvalue weighted by molar-refractivity contribution is 0.0951. The molecule has 1 amide bonds. The molecule has 0 bridgehead atoms. The van der Waals surface area contributed by atoms with Crippen LogP contribution >= 0.6 is 11.3 Å². The molecule has 0 spiro atoms. The highest BCUT2D eigenvalue weighted by Gasteiger charge is 2.14. The molecular formula is C18H18N2O3S. The Morgan fingerprint density at radius 3 is 2.88 bits per heavy atom. The summed E-state index contributed by atoms with van der Waals surface area (Å²) in [6.45, 7) is 2.37. The van der Waals surface area contributed by atoms with Crippen molar-refractivity contribution in [1.29, 1.82) is 0 Å². The normalized spacial score (nSPS) is 10.6. The average Bonchev–Trinajstić information content (AvgIpc) is 3.25. The Morgan fingerprint density at radius 2 is 2.12 bits per heavy atom. The maximum absolute atomic E-state index is 12.3. The van der Waals surface area contributed by atoms with E-state index in [1.54, 1.807) is 30.6 Å².